The summed E-state index contributed by atoms with van der Waals surface area (Å²) in [6, 6.07) is 0. The normalized spacial score (nSPS) is 12.0. The Hall–Kier alpha value is -1.31. The van der Waals surface area contributed by atoms with Gasteiger partial charge in [-0.3, -0.25) is 4.79 Å². The van der Waals surface area contributed by atoms with E-state index in [4.69, 9.17) is 5.11 Å². The number of carboxylic acid groups (broad SMARTS) is 1. The van der Waals surface area contributed by atoms with Crippen LogP contribution in [0, 0.1) is 0 Å². The molecule has 1 N–H and O–H groups in total. The van der Waals surface area contributed by atoms with E-state index in [-0.39, 0.29) is 0 Å². The van der Waals surface area contributed by atoms with Gasteiger partial charge in [0, 0.05) is 6.42 Å². The smallest absolute Gasteiger partial charge is 0.303 e. The molecule has 0 aromatic heterocycles. The fourth-order valence-corrected chi connectivity index (χ4v) is 2.18. The maximum absolute atomic E-state index is 10.3. The van der Waals surface area contributed by atoms with Crippen molar-refractivity contribution in [2.75, 3.05) is 0 Å². The lowest BCUT2D eigenvalue weighted by Gasteiger charge is -1.96. The van der Waals surface area contributed by atoms with Crippen molar-refractivity contribution in [1.82, 2.24) is 0 Å². The third-order valence-electron chi connectivity index (χ3n) is 3.53. The van der Waals surface area contributed by atoms with Gasteiger partial charge in [-0.05, 0) is 44.9 Å². The van der Waals surface area contributed by atoms with Crippen LogP contribution in [-0.4, -0.2) is 11.1 Å². The second-order valence-corrected chi connectivity index (χ2v) is 5.73. The van der Waals surface area contributed by atoms with Gasteiger partial charge in [0.2, 0.25) is 0 Å². The van der Waals surface area contributed by atoms with Crippen LogP contribution < -0.4 is 0 Å². The Morgan fingerprint density at radius 2 is 1.23 bits per heavy atom. The van der Waals surface area contributed by atoms with Crippen molar-refractivity contribution in [3.05, 3.63) is 36.5 Å². The summed E-state index contributed by atoms with van der Waals surface area (Å²) >= 11 is 0. The first-order valence-electron chi connectivity index (χ1n) is 8.94. The molecule has 2 heteroatoms. The molecule has 0 rings (SSSR count). The number of hydrogen-bond acceptors (Lipinski definition) is 1. The predicted octanol–water partition coefficient (Wildman–Crippen LogP) is 6.44. The van der Waals surface area contributed by atoms with Crippen LogP contribution >= 0.6 is 0 Å². The Bertz CT molecular complexity index is 327. The Morgan fingerprint density at radius 1 is 0.727 bits per heavy atom. The van der Waals surface area contributed by atoms with Crippen LogP contribution in [0.5, 0.6) is 0 Å². The third kappa shape index (κ3) is 18.7. The molecular weight excluding hydrogens is 272 g/mol. The van der Waals surface area contributed by atoms with E-state index in [2.05, 4.69) is 43.4 Å². The summed E-state index contributed by atoms with van der Waals surface area (Å²) in [7, 11) is 0. The molecule has 0 aromatic rings. The van der Waals surface area contributed by atoms with Gasteiger partial charge >= 0.3 is 5.97 Å². The van der Waals surface area contributed by atoms with Crippen LogP contribution in [0.1, 0.15) is 84.0 Å². The van der Waals surface area contributed by atoms with E-state index >= 15 is 0 Å². The molecule has 0 saturated carbocycles. The third-order valence-corrected chi connectivity index (χ3v) is 3.53. The van der Waals surface area contributed by atoms with Gasteiger partial charge in [0.1, 0.15) is 0 Å². The Morgan fingerprint density at radius 3 is 1.77 bits per heavy atom. The number of rotatable bonds is 15. The predicted molar refractivity (Wildman–Crippen MR) is 96.1 cm³/mol. The molecule has 0 saturated heterocycles. The van der Waals surface area contributed by atoms with Crippen molar-refractivity contribution >= 4 is 5.97 Å². The highest BCUT2D eigenvalue weighted by molar-refractivity contribution is 5.66. The van der Waals surface area contributed by atoms with Crippen LogP contribution in [0.15, 0.2) is 36.5 Å². The van der Waals surface area contributed by atoms with Gasteiger partial charge in [-0.1, -0.05) is 69.1 Å². The average molecular weight is 306 g/mol. The van der Waals surface area contributed by atoms with Crippen molar-refractivity contribution in [1.29, 1.82) is 0 Å². The van der Waals surface area contributed by atoms with E-state index < -0.39 is 5.97 Å². The molecule has 0 aliphatic rings. The van der Waals surface area contributed by atoms with Crippen molar-refractivity contribution in [3.8, 4) is 0 Å². The number of carboxylic acids is 1. The Balaban J connectivity index is 3.29. The molecule has 0 heterocycles. The minimum atomic E-state index is -0.678. The molecular formula is C20H34O2. The van der Waals surface area contributed by atoms with Gasteiger partial charge in [0.05, 0.1) is 0 Å². The molecule has 2 nitrogen and oxygen atoms in total. The lowest BCUT2D eigenvalue weighted by molar-refractivity contribution is -0.137. The largest absolute Gasteiger partial charge is 0.481 e. The molecule has 0 fully saturated rings. The molecule has 0 amide bonds. The Labute approximate surface area is 137 Å². The van der Waals surface area contributed by atoms with Crippen LogP contribution in [0.25, 0.3) is 0 Å². The second kappa shape index (κ2) is 17.7. The standard InChI is InChI=1S/C20H34O2/c1-2-3-4-5-6-7-8-9-10-11-12-13-14-15-16-17-18-19-20(21)22/h6-7,9-10,12-13H,2-5,8,11,14-19H2,1H3,(H,21,22)/b7-6-,10-9?,13-12?. The summed E-state index contributed by atoms with van der Waals surface area (Å²) in [5.41, 5.74) is 0. The second-order valence-electron chi connectivity index (χ2n) is 5.73. The van der Waals surface area contributed by atoms with Gasteiger partial charge in [-0.25, -0.2) is 0 Å². The molecule has 0 unspecified atom stereocenters. The van der Waals surface area contributed by atoms with Crippen LogP contribution in [0.4, 0.5) is 0 Å². The molecule has 22 heavy (non-hydrogen) atoms. The number of carbonyl (C=O) groups is 1. The van der Waals surface area contributed by atoms with Gasteiger partial charge in [-0.2, -0.15) is 0 Å². The fraction of sp³-hybridized carbons (Fsp3) is 0.650. The number of aliphatic carboxylic acids is 1. The zero-order valence-corrected chi connectivity index (χ0v) is 14.3. The van der Waals surface area contributed by atoms with Crippen LogP contribution in [0.2, 0.25) is 0 Å². The molecule has 126 valence electrons. The zero-order valence-electron chi connectivity index (χ0n) is 14.3. The highest BCUT2D eigenvalue weighted by Gasteiger charge is 1.95. The van der Waals surface area contributed by atoms with E-state index in [0.29, 0.717) is 6.42 Å². The summed E-state index contributed by atoms with van der Waals surface area (Å²) in [5, 5.41) is 8.52. The molecule has 0 spiro atoms. The summed E-state index contributed by atoms with van der Waals surface area (Å²) in [5.74, 6) is -0.678. The first-order valence-corrected chi connectivity index (χ1v) is 8.94. The monoisotopic (exact) mass is 306 g/mol. The quantitative estimate of drug-likeness (QED) is 0.279. The topological polar surface area (TPSA) is 37.3 Å². The number of unbranched alkanes of at least 4 members (excludes halogenated alkanes) is 7. The van der Waals surface area contributed by atoms with Crippen molar-refractivity contribution < 1.29 is 9.90 Å². The minimum Gasteiger partial charge on any atom is -0.481 e. The molecule has 0 aromatic carbocycles. The summed E-state index contributed by atoms with van der Waals surface area (Å²) < 4.78 is 0. The van der Waals surface area contributed by atoms with Gasteiger partial charge in [-0.15, -0.1) is 0 Å². The lowest BCUT2D eigenvalue weighted by atomic mass is 10.1. The molecule has 0 aliphatic heterocycles. The molecule has 0 bridgehead atoms. The minimum absolute atomic E-state index is 0.313. The number of allylic oxidation sites excluding steroid dienone is 6. The van der Waals surface area contributed by atoms with Crippen LogP contribution in [0.3, 0.4) is 0 Å². The average Bonchev–Trinajstić information content (AvgIpc) is 2.50. The summed E-state index contributed by atoms with van der Waals surface area (Å²) in [6.45, 7) is 2.24. The highest BCUT2D eigenvalue weighted by atomic mass is 16.4. The van der Waals surface area contributed by atoms with E-state index in [1.54, 1.807) is 0 Å². The van der Waals surface area contributed by atoms with Gasteiger partial charge < -0.3 is 5.11 Å². The van der Waals surface area contributed by atoms with Crippen molar-refractivity contribution in [2.45, 2.75) is 84.0 Å². The lowest BCUT2D eigenvalue weighted by Crippen LogP contribution is -1.93. The first-order chi connectivity index (χ1) is 10.8. The van der Waals surface area contributed by atoms with E-state index in [1.807, 2.05) is 0 Å². The maximum Gasteiger partial charge on any atom is 0.303 e. The fourth-order valence-electron chi connectivity index (χ4n) is 2.18. The van der Waals surface area contributed by atoms with E-state index in [9.17, 15) is 4.79 Å². The number of hydrogen-bond donors (Lipinski definition) is 1. The summed E-state index contributed by atoms with van der Waals surface area (Å²) in [6.07, 6.45) is 26.3. The molecule has 0 atom stereocenters. The first kappa shape index (κ1) is 20.7. The maximum atomic E-state index is 10.3. The van der Waals surface area contributed by atoms with Crippen molar-refractivity contribution in [2.24, 2.45) is 0 Å². The van der Waals surface area contributed by atoms with Gasteiger partial charge in [0.25, 0.3) is 0 Å². The SMILES string of the molecule is CCCCC/C=C\CC=CCC=CCCCCCCC(=O)O. The Kier molecular flexibility index (Phi) is 16.7. The summed E-state index contributed by atoms with van der Waals surface area (Å²) in [4.78, 5) is 10.3. The van der Waals surface area contributed by atoms with Gasteiger partial charge in [0.15, 0.2) is 0 Å². The molecule has 0 radical (unpaired) electrons. The van der Waals surface area contributed by atoms with E-state index in [0.717, 1.165) is 38.5 Å². The van der Waals surface area contributed by atoms with E-state index in [1.165, 1.54) is 32.1 Å². The highest BCUT2D eigenvalue weighted by Crippen LogP contribution is 2.06. The zero-order chi connectivity index (χ0) is 16.3. The molecule has 0 aliphatic carbocycles. The van der Waals surface area contributed by atoms with Crippen molar-refractivity contribution in [3.63, 3.8) is 0 Å². The van der Waals surface area contributed by atoms with Crippen LogP contribution in [-0.2, 0) is 4.79 Å².